The number of thiophene rings is 1. The van der Waals surface area contributed by atoms with Crippen LogP contribution in [0, 0.1) is 18.8 Å². The Balaban J connectivity index is 1.81. The molecule has 1 aliphatic heterocycles. The van der Waals surface area contributed by atoms with Crippen LogP contribution in [-0.2, 0) is 10.0 Å². The fourth-order valence-electron chi connectivity index (χ4n) is 3.47. The summed E-state index contributed by atoms with van der Waals surface area (Å²) < 4.78 is 28.6. The standard InChI is InChI=1S/C14H20BrNO2S2/c1-10-8-13(19-14(10)15)20(17,18)16-7-6-11-4-2-3-5-12(11)9-16/h8,11-12H,2-7,9H2,1H3. The Bertz CT molecular complexity index is 577. The third-order valence-corrected chi connectivity index (χ3v) is 9.13. The summed E-state index contributed by atoms with van der Waals surface area (Å²) in [7, 11) is -3.29. The maximum Gasteiger partial charge on any atom is 0.252 e. The molecule has 0 N–H and O–H groups in total. The third-order valence-electron chi connectivity index (χ3n) is 4.68. The largest absolute Gasteiger partial charge is 0.252 e. The molecule has 2 unspecified atom stereocenters. The van der Waals surface area contributed by atoms with Crippen molar-refractivity contribution in [2.45, 2.75) is 43.2 Å². The second-order valence-electron chi connectivity index (χ2n) is 5.98. The van der Waals surface area contributed by atoms with Crippen molar-refractivity contribution >= 4 is 37.3 Å². The Kier molecular flexibility index (Phi) is 4.28. The molecule has 6 heteroatoms. The van der Waals surface area contributed by atoms with Gasteiger partial charge >= 0.3 is 0 Å². The van der Waals surface area contributed by atoms with Gasteiger partial charge in [0.05, 0.1) is 3.79 Å². The van der Waals surface area contributed by atoms with Crippen LogP contribution in [0.5, 0.6) is 0 Å². The van der Waals surface area contributed by atoms with Gasteiger partial charge in [-0.05, 0) is 59.2 Å². The van der Waals surface area contributed by atoms with Crippen LogP contribution >= 0.6 is 27.3 Å². The second kappa shape index (κ2) is 5.71. The smallest absolute Gasteiger partial charge is 0.206 e. The number of rotatable bonds is 2. The first-order chi connectivity index (χ1) is 9.48. The summed E-state index contributed by atoms with van der Waals surface area (Å²) in [4.78, 5) is 0. The molecule has 1 aliphatic carbocycles. The Morgan fingerprint density at radius 2 is 1.95 bits per heavy atom. The van der Waals surface area contributed by atoms with Gasteiger partial charge in [-0.3, -0.25) is 0 Å². The van der Waals surface area contributed by atoms with E-state index in [1.54, 1.807) is 10.4 Å². The van der Waals surface area contributed by atoms with E-state index in [4.69, 9.17) is 0 Å². The number of aryl methyl sites for hydroxylation is 1. The van der Waals surface area contributed by atoms with Crippen LogP contribution in [0.3, 0.4) is 0 Å². The van der Waals surface area contributed by atoms with Crippen LogP contribution < -0.4 is 0 Å². The van der Waals surface area contributed by atoms with E-state index in [0.717, 1.165) is 28.2 Å². The van der Waals surface area contributed by atoms with Gasteiger partial charge in [0.2, 0.25) is 0 Å². The van der Waals surface area contributed by atoms with Crippen molar-refractivity contribution in [3.05, 3.63) is 15.4 Å². The minimum Gasteiger partial charge on any atom is -0.206 e. The molecule has 2 heterocycles. The zero-order valence-corrected chi connectivity index (χ0v) is 14.9. The highest BCUT2D eigenvalue weighted by molar-refractivity contribution is 9.11. The van der Waals surface area contributed by atoms with Gasteiger partial charge in [0.25, 0.3) is 10.0 Å². The minimum absolute atomic E-state index is 0.483. The number of fused-ring (bicyclic) bond motifs is 1. The van der Waals surface area contributed by atoms with E-state index in [2.05, 4.69) is 15.9 Å². The normalized spacial score (nSPS) is 28.3. The first-order valence-electron chi connectivity index (χ1n) is 7.24. The lowest BCUT2D eigenvalue weighted by atomic mass is 9.76. The number of hydrogen-bond acceptors (Lipinski definition) is 3. The molecule has 0 spiro atoms. The molecule has 3 rings (SSSR count). The maximum atomic E-state index is 12.7. The first kappa shape index (κ1) is 15.0. The Morgan fingerprint density at radius 3 is 2.60 bits per heavy atom. The van der Waals surface area contributed by atoms with Gasteiger partial charge < -0.3 is 0 Å². The molecule has 1 aromatic rings. The van der Waals surface area contributed by atoms with E-state index in [1.165, 1.54) is 37.0 Å². The topological polar surface area (TPSA) is 37.4 Å². The highest BCUT2D eigenvalue weighted by Gasteiger charge is 2.37. The van der Waals surface area contributed by atoms with Gasteiger partial charge in [-0.25, -0.2) is 8.42 Å². The van der Waals surface area contributed by atoms with Gasteiger partial charge in [-0.2, -0.15) is 4.31 Å². The molecule has 0 amide bonds. The van der Waals surface area contributed by atoms with Crippen molar-refractivity contribution in [2.24, 2.45) is 11.8 Å². The van der Waals surface area contributed by atoms with Crippen molar-refractivity contribution < 1.29 is 8.42 Å². The lowest BCUT2D eigenvalue weighted by Crippen LogP contribution is -2.44. The SMILES string of the molecule is Cc1cc(S(=O)(=O)N2CCC3CCCCC3C2)sc1Br. The number of nitrogens with zero attached hydrogens (tertiary/aromatic N) is 1. The zero-order valence-electron chi connectivity index (χ0n) is 11.6. The Labute approximate surface area is 133 Å². The molecule has 112 valence electrons. The minimum atomic E-state index is -3.29. The molecule has 0 radical (unpaired) electrons. The molecule has 3 nitrogen and oxygen atoms in total. The van der Waals surface area contributed by atoms with E-state index >= 15 is 0 Å². The predicted molar refractivity (Wildman–Crippen MR) is 85.6 cm³/mol. The quantitative estimate of drug-likeness (QED) is 0.780. The molecular formula is C14H20BrNO2S2. The second-order valence-corrected chi connectivity index (χ2v) is 10.5. The molecule has 0 bridgehead atoms. The number of piperidine rings is 1. The highest BCUT2D eigenvalue weighted by Crippen LogP contribution is 2.39. The Morgan fingerprint density at radius 1 is 1.25 bits per heavy atom. The van der Waals surface area contributed by atoms with Crippen molar-refractivity contribution in [1.82, 2.24) is 4.31 Å². The predicted octanol–water partition coefficient (Wildman–Crippen LogP) is 4.02. The van der Waals surface area contributed by atoms with Gasteiger partial charge in [0, 0.05) is 13.1 Å². The van der Waals surface area contributed by atoms with Gasteiger partial charge in [-0.1, -0.05) is 19.3 Å². The van der Waals surface area contributed by atoms with Crippen molar-refractivity contribution in [1.29, 1.82) is 0 Å². The fourth-order valence-corrected chi connectivity index (χ4v) is 7.36. The molecular weight excluding hydrogens is 358 g/mol. The summed E-state index contributed by atoms with van der Waals surface area (Å²) in [6.45, 7) is 3.35. The number of sulfonamides is 1. The fraction of sp³-hybridized carbons (Fsp3) is 0.714. The number of hydrogen-bond donors (Lipinski definition) is 0. The lowest BCUT2D eigenvalue weighted by molar-refractivity contribution is 0.136. The average molecular weight is 378 g/mol. The molecule has 2 atom stereocenters. The van der Waals surface area contributed by atoms with E-state index in [-0.39, 0.29) is 0 Å². The summed E-state index contributed by atoms with van der Waals surface area (Å²) in [6.07, 6.45) is 6.12. The first-order valence-corrected chi connectivity index (χ1v) is 10.3. The summed E-state index contributed by atoms with van der Waals surface area (Å²) in [6, 6.07) is 1.79. The highest BCUT2D eigenvalue weighted by atomic mass is 79.9. The van der Waals surface area contributed by atoms with E-state index in [0.29, 0.717) is 16.7 Å². The summed E-state index contributed by atoms with van der Waals surface area (Å²) in [5.41, 5.74) is 1.00. The van der Waals surface area contributed by atoms with Crippen molar-refractivity contribution in [3.8, 4) is 0 Å². The molecule has 1 aromatic heterocycles. The van der Waals surface area contributed by atoms with Crippen molar-refractivity contribution in [2.75, 3.05) is 13.1 Å². The van der Waals surface area contributed by atoms with Crippen LogP contribution in [-0.4, -0.2) is 25.8 Å². The summed E-state index contributed by atoms with van der Waals surface area (Å²) in [5.74, 6) is 1.34. The van der Waals surface area contributed by atoms with Gasteiger partial charge in [-0.15, -0.1) is 11.3 Å². The van der Waals surface area contributed by atoms with Gasteiger partial charge in [0.15, 0.2) is 0 Å². The lowest BCUT2D eigenvalue weighted by Gasteiger charge is -2.40. The molecule has 2 fully saturated rings. The molecule has 1 saturated carbocycles. The zero-order chi connectivity index (χ0) is 14.3. The Hall–Kier alpha value is 0.0900. The monoisotopic (exact) mass is 377 g/mol. The van der Waals surface area contributed by atoms with E-state index in [9.17, 15) is 8.42 Å². The average Bonchev–Trinajstić information content (AvgIpc) is 2.79. The molecule has 20 heavy (non-hydrogen) atoms. The summed E-state index contributed by atoms with van der Waals surface area (Å²) >= 11 is 4.75. The maximum absolute atomic E-state index is 12.7. The third kappa shape index (κ3) is 2.72. The van der Waals surface area contributed by atoms with Crippen LogP contribution in [0.2, 0.25) is 0 Å². The van der Waals surface area contributed by atoms with E-state index < -0.39 is 10.0 Å². The molecule has 1 saturated heterocycles. The van der Waals surface area contributed by atoms with Gasteiger partial charge in [0.1, 0.15) is 4.21 Å². The van der Waals surface area contributed by atoms with E-state index in [1.807, 2.05) is 6.92 Å². The van der Waals surface area contributed by atoms with Crippen LogP contribution in [0.1, 0.15) is 37.7 Å². The van der Waals surface area contributed by atoms with Crippen LogP contribution in [0.25, 0.3) is 0 Å². The number of halogens is 1. The molecule has 2 aliphatic rings. The van der Waals surface area contributed by atoms with Crippen LogP contribution in [0.4, 0.5) is 0 Å². The van der Waals surface area contributed by atoms with Crippen molar-refractivity contribution in [3.63, 3.8) is 0 Å². The molecule has 0 aromatic carbocycles. The summed E-state index contributed by atoms with van der Waals surface area (Å²) in [5, 5.41) is 0. The van der Waals surface area contributed by atoms with Crippen LogP contribution in [0.15, 0.2) is 14.1 Å².